The second kappa shape index (κ2) is 6.91. The van der Waals surface area contributed by atoms with Gasteiger partial charge in [-0.15, -0.1) is 5.10 Å². The van der Waals surface area contributed by atoms with E-state index in [2.05, 4.69) is 15.5 Å². The highest BCUT2D eigenvalue weighted by atomic mass is 32.2. The van der Waals surface area contributed by atoms with Gasteiger partial charge in [-0.3, -0.25) is 4.57 Å². The Hall–Kier alpha value is -1.60. The molecule has 0 aliphatic carbocycles. The standard InChI is InChI=1S/C14H19FN4OS/c1-4-16-9(3)10-7-6-8-11(15)12(10)21-14-18-17-13(20)19(14)5-2/h6-9,16H,4-5H2,1-3H3,(H,17,20). The third kappa shape index (κ3) is 3.36. The van der Waals surface area contributed by atoms with E-state index >= 15 is 0 Å². The van der Waals surface area contributed by atoms with Gasteiger partial charge in [0.1, 0.15) is 5.82 Å². The topological polar surface area (TPSA) is 62.7 Å². The Kier molecular flexibility index (Phi) is 5.19. The van der Waals surface area contributed by atoms with Gasteiger partial charge in [-0.05, 0) is 43.8 Å². The normalized spacial score (nSPS) is 12.6. The van der Waals surface area contributed by atoms with Crippen molar-refractivity contribution in [1.82, 2.24) is 20.1 Å². The van der Waals surface area contributed by atoms with E-state index in [4.69, 9.17) is 0 Å². The molecule has 21 heavy (non-hydrogen) atoms. The first kappa shape index (κ1) is 15.8. The van der Waals surface area contributed by atoms with Crippen LogP contribution in [0.25, 0.3) is 0 Å². The molecular formula is C14H19FN4OS. The highest BCUT2D eigenvalue weighted by molar-refractivity contribution is 7.99. The van der Waals surface area contributed by atoms with Crippen molar-refractivity contribution in [1.29, 1.82) is 0 Å². The van der Waals surface area contributed by atoms with Crippen molar-refractivity contribution in [2.75, 3.05) is 6.54 Å². The van der Waals surface area contributed by atoms with Gasteiger partial charge in [-0.2, -0.15) is 0 Å². The predicted molar refractivity (Wildman–Crippen MR) is 81.1 cm³/mol. The fourth-order valence-corrected chi connectivity index (χ4v) is 3.27. The van der Waals surface area contributed by atoms with E-state index in [1.165, 1.54) is 22.4 Å². The Bertz CT molecular complexity index is 667. The SMILES string of the molecule is CCNC(C)c1cccc(F)c1Sc1n[nH]c(=O)n1CC. The molecule has 0 saturated heterocycles. The van der Waals surface area contributed by atoms with E-state index in [-0.39, 0.29) is 17.5 Å². The smallest absolute Gasteiger partial charge is 0.310 e. The van der Waals surface area contributed by atoms with Gasteiger partial charge in [0.25, 0.3) is 0 Å². The van der Waals surface area contributed by atoms with Crippen molar-refractivity contribution in [3.05, 3.63) is 40.1 Å². The molecule has 2 rings (SSSR count). The lowest BCUT2D eigenvalue weighted by Gasteiger charge is -2.17. The number of nitrogens with zero attached hydrogens (tertiary/aromatic N) is 2. The molecule has 5 nitrogen and oxygen atoms in total. The molecule has 1 aromatic carbocycles. The number of benzene rings is 1. The second-order valence-electron chi connectivity index (χ2n) is 4.60. The highest BCUT2D eigenvalue weighted by Gasteiger charge is 2.18. The number of rotatable bonds is 6. The van der Waals surface area contributed by atoms with Crippen LogP contribution in [-0.2, 0) is 6.54 Å². The Morgan fingerprint density at radius 2 is 2.24 bits per heavy atom. The molecule has 0 radical (unpaired) electrons. The number of aromatic nitrogens is 3. The van der Waals surface area contributed by atoms with Gasteiger partial charge >= 0.3 is 5.69 Å². The molecule has 2 aromatic rings. The molecule has 114 valence electrons. The van der Waals surface area contributed by atoms with Crippen molar-refractivity contribution in [3.8, 4) is 0 Å². The predicted octanol–water partition coefficient (Wildman–Crippen LogP) is 2.55. The summed E-state index contributed by atoms with van der Waals surface area (Å²) in [6.45, 7) is 7.13. The zero-order valence-electron chi connectivity index (χ0n) is 12.3. The summed E-state index contributed by atoms with van der Waals surface area (Å²) in [7, 11) is 0. The molecule has 0 spiro atoms. The summed E-state index contributed by atoms with van der Waals surface area (Å²) in [5.41, 5.74) is 0.581. The van der Waals surface area contributed by atoms with Gasteiger partial charge in [0.05, 0.1) is 4.90 Å². The van der Waals surface area contributed by atoms with Crippen LogP contribution in [0.3, 0.4) is 0 Å². The maximum atomic E-state index is 14.2. The van der Waals surface area contributed by atoms with Gasteiger partial charge in [-0.1, -0.05) is 19.1 Å². The summed E-state index contributed by atoms with van der Waals surface area (Å²) in [4.78, 5) is 12.1. The van der Waals surface area contributed by atoms with Crippen LogP contribution in [-0.4, -0.2) is 21.3 Å². The molecule has 1 heterocycles. The molecule has 2 N–H and O–H groups in total. The average Bonchev–Trinajstić information content (AvgIpc) is 2.81. The van der Waals surface area contributed by atoms with Crippen molar-refractivity contribution >= 4 is 11.8 Å². The van der Waals surface area contributed by atoms with Crippen molar-refractivity contribution < 1.29 is 4.39 Å². The zero-order valence-corrected chi connectivity index (χ0v) is 13.1. The average molecular weight is 310 g/mol. The molecule has 1 aromatic heterocycles. The fraction of sp³-hybridized carbons (Fsp3) is 0.429. The van der Waals surface area contributed by atoms with Crippen LogP contribution in [0.15, 0.2) is 33.0 Å². The summed E-state index contributed by atoms with van der Waals surface area (Å²) >= 11 is 1.17. The number of aromatic amines is 1. The van der Waals surface area contributed by atoms with Crippen molar-refractivity contribution in [2.24, 2.45) is 0 Å². The van der Waals surface area contributed by atoms with Crippen LogP contribution in [0.5, 0.6) is 0 Å². The molecular weight excluding hydrogens is 291 g/mol. The molecule has 7 heteroatoms. The maximum absolute atomic E-state index is 14.2. The monoisotopic (exact) mass is 310 g/mol. The van der Waals surface area contributed by atoms with E-state index in [0.717, 1.165) is 12.1 Å². The lowest BCUT2D eigenvalue weighted by molar-refractivity contribution is 0.557. The van der Waals surface area contributed by atoms with Crippen LogP contribution in [0.1, 0.15) is 32.4 Å². The van der Waals surface area contributed by atoms with Crippen LogP contribution >= 0.6 is 11.8 Å². The summed E-state index contributed by atoms with van der Waals surface area (Å²) in [6, 6.07) is 5.03. The highest BCUT2D eigenvalue weighted by Crippen LogP contribution is 2.34. The Labute approximate surface area is 127 Å². The molecule has 0 aliphatic rings. The summed E-state index contributed by atoms with van der Waals surface area (Å²) in [5, 5.41) is 10.1. The summed E-state index contributed by atoms with van der Waals surface area (Å²) in [5.74, 6) is -0.305. The third-order valence-corrected chi connectivity index (χ3v) is 4.34. The first-order chi connectivity index (χ1) is 10.1. The van der Waals surface area contributed by atoms with Crippen LogP contribution in [0.4, 0.5) is 4.39 Å². The lowest BCUT2D eigenvalue weighted by Crippen LogP contribution is -2.19. The Morgan fingerprint density at radius 3 is 2.90 bits per heavy atom. The number of nitrogens with one attached hydrogen (secondary N) is 2. The number of H-pyrrole nitrogens is 1. The first-order valence-corrected chi connectivity index (χ1v) is 7.74. The summed E-state index contributed by atoms with van der Waals surface area (Å²) < 4.78 is 15.7. The second-order valence-corrected chi connectivity index (χ2v) is 5.57. The van der Waals surface area contributed by atoms with Crippen molar-refractivity contribution in [3.63, 3.8) is 0 Å². The minimum absolute atomic E-state index is 0.0222. The number of hydrogen-bond donors (Lipinski definition) is 2. The van der Waals surface area contributed by atoms with E-state index in [0.29, 0.717) is 16.6 Å². The van der Waals surface area contributed by atoms with Gasteiger partial charge in [0.15, 0.2) is 5.16 Å². The van der Waals surface area contributed by atoms with Gasteiger partial charge in [0.2, 0.25) is 0 Å². The van der Waals surface area contributed by atoms with Gasteiger partial charge in [-0.25, -0.2) is 14.3 Å². The van der Waals surface area contributed by atoms with Gasteiger partial charge in [0, 0.05) is 12.6 Å². The minimum atomic E-state index is -0.305. The molecule has 0 saturated carbocycles. The minimum Gasteiger partial charge on any atom is -0.310 e. The van der Waals surface area contributed by atoms with E-state index < -0.39 is 0 Å². The maximum Gasteiger partial charge on any atom is 0.343 e. The number of hydrogen-bond acceptors (Lipinski definition) is 4. The number of halogens is 1. The summed E-state index contributed by atoms with van der Waals surface area (Å²) in [6.07, 6.45) is 0. The van der Waals surface area contributed by atoms with Gasteiger partial charge < -0.3 is 5.32 Å². The quantitative estimate of drug-likeness (QED) is 0.861. The molecule has 0 bridgehead atoms. The fourth-order valence-electron chi connectivity index (χ4n) is 2.14. The molecule has 0 amide bonds. The molecule has 0 aliphatic heterocycles. The van der Waals surface area contributed by atoms with Crippen LogP contribution in [0, 0.1) is 5.82 Å². The van der Waals surface area contributed by atoms with Crippen LogP contribution < -0.4 is 11.0 Å². The Balaban J connectivity index is 2.41. The lowest BCUT2D eigenvalue weighted by atomic mass is 10.1. The van der Waals surface area contributed by atoms with E-state index in [9.17, 15) is 9.18 Å². The first-order valence-electron chi connectivity index (χ1n) is 6.93. The molecule has 0 fully saturated rings. The molecule has 1 unspecified atom stereocenters. The van der Waals surface area contributed by atoms with E-state index in [1.807, 2.05) is 26.8 Å². The third-order valence-electron chi connectivity index (χ3n) is 3.21. The molecule has 1 atom stereocenters. The Morgan fingerprint density at radius 1 is 1.48 bits per heavy atom. The van der Waals surface area contributed by atoms with E-state index in [1.54, 1.807) is 6.07 Å². The zero-order chi connectivity index (χ0) is 15.4. The van der Waals surface area contributed by atoms with Crippen molar-refractivity contribution in [2.45, 2.75) is 43.4 Å². The van der Waals surface area contributed by atoms with Crippen LogP contribution in [0.2, 0.25) is 0 Å². The largest absolute Gasteiger partial charge is 0.343 e.